The molecule has 0 fully saturated rings. The predicted octanol–water partition coefficient (Wildman–Crippen LogP) is 3.96. The lowest BCUT2D eigenvalue weighted by molar-refractivity contribution is -0.148. The number of amides is 2. The SMILES string of the molecule is Cc1cccc(C(=O)N[C@@H](C)C(=O)OCC(=O)Nc2ccccc2-c2ccccc2)c1. The van der Waals surface area contributed by atoms with E-state index < -0.39 is 24.5 Å². The average Bonchev–Trinajstić information content (AvgIpc) is 2.78. The zero-order chi connectivity index (χ0) is 22.2. The third-order valence-corrected chi connectivity index (χ3v) is 4.61. The van der Waals surface area contributed by atoms with Crippen molar-refractivity contribution in [1.82, 2.24) is 5.32 Å². The van der Waals surface area contributed by atoms with Crippen LogP contribution in [0.25, 0.3) is 11.1 Å². The lowest BCUT2D eigenvalue weighted by atomic mass is 10.0. The highest BCUT2D eigenvalue weighted by Crippen LogP contribution is 2.27. The molecule has 2 amide bonds. The molecule has 0 heterocycles. The molecule has 2 N–H and O–H groups in total. The molecular formula is C25H24N2O4. The van der Waals surface area contributed by atoms with Crippen molar-refractivity contribution in [1.29, 1.82) is 0 Å². The summed E-state index contributed by atoms with van der Waals surface area (Å²) in [6, 6.07) is 23.2. The first kappa shape index (κ1) is 21.8. The van der Waals surface area contributed by atoms with Gasteiger partial charge in [-0.15, -0.1) is 0 Å². The summed E-state index contributed by atoms with van der Waals surface area (Å²) in [6.45, 7) is 2.94. The van der Waals surface area contributed by atoms with Crippen LogP contribution in [0.5, 0.6) is 0 Å². The smallest absolute Gasteiger partial charge is 0.328 e. The van der Waals surface area contributed by atoms with E-state index in [0.29, 0.717) is 11.3 Å². The first-order valence-electron chi connectivity index (χ1n) is 9.92. The van der Waals surface area contributed by atoms with Crippen LogP contribution in [0.4, 0.5) is 5.69 Å². The van der Waals surface area contributed by atoms with E-state index >= 15 is 0 Å². The number of esters is 1. The van der Waals surface area contributed by atoms with Gasteiger partial charge in [0.05, 0.1) is 0 Å². The Balaban J connectivity index is 1.54. The van der Waals surface area contributed by atoms with Crippen LogP contribution in [-0.4, -0.2) is 30.4 Å². The fourth-order valence-electron chi connectivity index (χ4n) is 3.03. The van der Waals surface area contributed by atoms with Crippen molar-refractivity contribution >= 4 is 23.5 Å². The molecular weight excluding hydrogens is 392 g/mol. The molecule has 0 unspecified atom stereocenters. The van der Waals surface area contributed by atoms with E-state index in [1.54, 1.807) is 24.3 Å². The third kappa shape index (κ3) is 6.02. The van der Waals surface area contributed by atoms with E-state index in [1.807, 2.05) is 61.5 Å². The molecule has 6 nitrogen and oxygen atoms in total. The van der Waals surface area contributed by atoms with Gasteiger partial charge in [-0.3, -0.25) is 9.59 Å². The molecule has 0 spiro atoms. The lowest BCUT2D eigenvalue weighted by Crippen LogP contribution is -2.40. The van der Waals surface area contributed by atoms with Gasteiger partial charge in [-0.25, -0.2) is 4.79 Å². The Bertz CT molecular complexity index is 1080. The van der Waals surface area contributed by atoms with Crippen molar-refractivity contribution in [2.45, 2.75) is 19.9 Å². The molecule has 3 rings (SSSR count). The quantitative estimate of drug-likeness (QED) is 0.571. The zero-order valence-electron chi connectivity index (χ0n) is 17.4. The fraction of sp³-hybridized carbons (Fsp3) is 0.160. The molecule has 0 bridgehead atoms. The number of hydrogen-bond acceptors (Lipinski definition) is 4. The molecule has 0 aliphatic carbocycles. The fourth-order valence-corrected chi connectivity index (χ4v) is 3.03. The molecule has 158 valence electrons. The molecule has 1 atom stereocenters. The predicted molar refractivity (Wildman–Crippen MR) is 120 cm³/mol. The Hall–Kier alpha value is -3.93. The Morgan fingerprint density at radius 1 is 0.903 bits per heavy atom. The summed E-state index contributed by atoms with van der Waals surface area (Å²) >= 11 is 0. The van der Waals surface area contributed by atoms with Gasteiger partial charge in [0.15, 0.2) is 6.61 Å². The number of para-hydroxylation sites is 1. The van der Waals surface area contributed by atoms with Gasteiger partial charge in [-0.05, 0) is 37.6 Å². The largest absolute Gasteiger partial charge is 0.454 e. The van der Waals surface area contributed by atoms with Crippen LogP contribution >= 0.6 is 0 Å². The summed E-state index contributed by atoms with van der Waals surface area (Å²) in [5, 5.41) is 5.35. The normalized spacial score (nSPS) is 11.3. The molecule has 0 aliphatic rings. The molecule has 6 heteroatoms. The number of ether oxygens (including phenoxy) is 1. The average molecular weight is 416 g/mol. The molecule has 0 radical (unpaired) electrons. The van der Waals surface area contributed by atoms with Gasteiger partial charge in [-0.2, -0.15) is 0 Å². The van der Waals surface area contributed by atoms with Crippen LogP contribution in [0.3, 0.4) is 0 Å². The van der Waals surface area contributed by atoms with E-state index in [1.165, 1.54) is 6.92 Å². The maximum Gasteiger partial charge on any atom is 0.328 e. The second-order valence-corrected chi connectivity index (χ2v) is 7.13. The molecule has 0 aromatic heterocycles. The first-order valence-corrected chi connectivity index (χ1v) is 9.92. The van der Waals surface area contributed by atoms with E-state index in [4.69, 9.17) is 4.74 Å². The van der Waals surface area contributed by atoms with E-state index in [9.17, 15) is 14.4 Å². The zero-order valence-corrected chi connectivity index (χ0v) is 17.4. The summed E-state index contributed by atoms with van der Waals surface area (Å²) in [6.07, 6.45) is 0. The third-order valence-electron chi connectivity index (χ3n) is 4.61. The van der Waals surface area contributed by atoms with Crippen LogP contribution in [0.15, 0.2) is 78.9 Å². The number of carbonyl (C=O) groups is 3. The standard InChI is InChI=1S/C25H24N2O4/c1-17-9-8-12-20(15-17)24(29)26-18(2)25(30)31-16-23(28)27-22-14-7-6-13-21(22)19-10-4-3-5-11-19/h3-15,18H,16H2,1-2H3,(H,26,29)(H,27,28)/t18-/m0/s1. The number of carbonyl (C=O) groups excluding carboxylic acids is 3. The highest BCUT2D eigenvalue weighted by molar-refractivity contribution is 5.98. The molecule has 0 saturated heterocycles. The summed E-state index contributed by atoms with van der Waals surface area (Å²) in [7, 11) is 0. The summed E-state index contributed by atoms with van der Waals surface area (Å²) in [5.74, 6) is -1.53. The highest BCUT2D eigenvalue weighted by atomic mass is 16.5. The lowest BCUT2D eigenvalue weighted by Gasteiger charge is -2.14. The Morgan fingerprint density at radius 2 is 1.61 bits per heavy atom. The second-order valence-electron chi connectivity index (χ2n) is 7.13. The van der Waals surface area contributed by atoms with Crippen molar-refractivity contribution in [3.63, 3.8) is 0 Å². The Morgan fingerprint density at radius 3 is 2.35 bits per heavy atom. The summed E-state index contributed by atoms with van der Waals surface area (Å²) < 4.78 is 5.08. The molecule has 31 heavy (non-hydrogen) atoms. The van der Waals surface area contributed by atoms with Gasteiger partial charge < -0.3 is 15.4 Å². The molecule has 3 aromatic carbocycles. The molecule has 0 aliphatic heterocycles. The number of hydrogen-bond donors (Lipinski definition) is 2. The number of aryl methyl sites for hydroxylation is 1. The van der Waals surface area contributed by atoms with Crippen molar-refractivity contribution < 1.29 is 19.1 Å². The van der Waals surface area contributed by atoms with Crippen molar-refractivity contribution in [2.24, 2.45) is 0 Å². The van der Waals surface area contributed by atoms with Gasteiger partial charge in [0.2, 0.25) is 0 Å². The topological polar surface area (TPSA) is 84.5 Å². The van der Waals surface area contributed by atoms with Crippen molar-refractivity contribution in [3.05, 3.63) is 90.0 Å². The number of anilines is 1. The van der Waals surface area contributed by atoms with Gasteiger partial charge in [0.25, 0.3) is 11.8 Å². The minimum Gasteiger partial charge on any atom is -0.454 e. The number of benzene rings is 3. The second kappa shape index (κ2) is 10.2. The monoisotopic (exact) mass is 416 g/mol. The van der Waals surface area contributed by atoms with Crippen LogP contribution in [0, 0.1) is 6.92 Å². The minimum absolute atomic E-state index is 0.380. The van der Waals surface area contributed by atoms with Crippen molar-refractivity contribution in [2.75, 3.05) is 11.9 Å². The van der Waals surface area contributed by atoms with Gasteiger partial charge in [0.1, 0.15) is 6.04 Å². The van der Waals surface area contributed by atoms with Gasteiger partial charge in [-0.1, -0.05) is 66.2 Å². The Kier molecular flexibility index (Phi) is 7.17. The van der Waals surface area contributed by atoms with Crippen LogP contribution in [0.2, 0.25) is 0 Å². The highest BCUT2D eigenvalue weighted by Gasteiger charge is 2.19. The maximum atomic E-state index is 12.3. The summed E-state index contributed by atoms with van der Waals surface area (Å²) in [5.41, 5.74) is 3.84. The number of nitrogens with one attached hydrogen (secondary N) is 2. The number of rotatable bonds is 7. The minimum atomic E-state index is -0.891. The molecule has 0 saturated carbocycles. The maximum absolute atomic E-state index is 12.3. The van der Waals surface area contributed by atoms with E-state index in [0.717, 1.165) is 16.7 Å². The van der Waals surface area contributed by atoms with Gasteiger partial charge >= 0.3 is 5.97 Å². The van der Waals surface area contributed by atoms with Crippen LogP contribution in [0.1, 0.15) is 22.8 Å². The van der Waals surface area contributed by atoms with E-state index in [-0.39, 0.29) is 5.91 Å². The summed E-state index contributed by atoms with van der Waals surface area (Å²) in [4.78, 5) is 36.8. The molecule has 3 aromatic rings. The van der Waals surface area contributed by atoms with Crippen molar-refractivity contribution in [3.8, 4) is 11.1 Å². The van der Waals surface area contributed by atoms with Crippen LogP contribution in [-0.2, 0) is 14.3 Å². The van der Waals surface area contributed by atoms with Gasteiger partial charge in [0, 0.05) is 16.8 Å². The van der Waals surface area contributed by atoms with Crippen LogP contribution < -0.4 is 10.6 Å². The Labute approximate surface area is 181 Å². The van der Waals surface area contributed by atoms with E-state index in [2.05, 4.69) is 10.6 Å². The first-order chi connectivity index (χ1) is 14.9.